The molecule has 5 heteroatoms. The predicted molar refractivity (Wildman–Crippen MR) is 77.9 cm³/mol. The van der Waals surface area contributed by atoms with Crippen LogP contribution in [0.1, 0.15) is 24.8 Å². The van der Waals surface area contributed by atoms with Gasteiger partial charge in [-0.2, -0.15) is 0 Å². The fourth-order valence-electron chi connectivity index (χ4n) is 3.09. The van der Waals surface area contributed by atoms with Crippen molar-refractivity contribution in [1.82, 2.24) is 4.90 Å². The lowest BCUT2D eigenvalue weighted by Crippen LogP contribution is -2.43. The molecular weight excluding hydrogens is 276 g/mol. The third kappa shape index (κ3) is 2.08. The normalized spacial score (nSPS) is 23.0. The van der Waals surface area contributed by atoms with Gasteiger partial charge in [-0.1, -0.05) is 17.7 Å². The van der Waals surface area contributed by atoms with Crippen LogP contribution in [0.3, 0.4) is 0 Å². The number of rotatable bonds is 1. The minimum atomic E-state index is -0.289. The standard InChI is InChI=1S/C15H17ClN2O2/c1-10-11(16)4-2-5-12(10)18-9-7-14(19)17-8-3-6-13(17)15(18)20/h2,4-5,13H,3,6-9H2,1H3. The van der Waals surface area contributed by atoms with E-state index >= 15 is 0 Å². The molecule has 1 unspecified atom stereocenters. The molecule has 0 aromatic heterocycles. The number of amides is 2. The average Bonchev–Trinajstić information content (AvgIpc) is 2.88. The Hall–Kier alpha value is -1.55. The summed E-state index contributed by atoms with van der Waals surface area (Å²) in [5.41, 5.74) is 1.71. The molecule has 1 atom stereocenters. The fourth-order valence-corrected chi connectivity index (χ4v) is 3.26. The highest BCUT2D eigenvalue weighted by atomic mass is 35.5. The van der Waals surface area contributed by atoms with Crippen LogP contribution in [0.15, 0.2) is 18.2 Å². The van der Waals surface area contributed by atoms with Crippen LogP contribution in [0.4, 0.5) is 5.69 Å². The number of hydrogen-bond acceptors (Lipinski definition) is 2. The highest BCUT2D eigenvalue weighted by Gasteiger charge is 2.39. The summed E-state index contributed by atoms with van der Waals surface area (Å²) in [6, 6.07) is 5.27. The summed E-state index contributed by atoms with van der Waals surface area (Å²) in [5.74, 6) is 0.113. The molecule has 106 valence electrons. The summed E-state index contributed by atoms with van der Waals surface area (Å²) < 4.78 is 0. The van der Waals surface area contributed by atoms with Gasteiger partial charge in [-0.25, -0.2) is 0 Å². The van der Waals surface area contributed by atoms with E-state index < -0.39 is 0 Å². The SMILES string of the molecule is Cc1c(Cl)cccc1N1CCC(=O)N2CCCC2C1=O. The lowest BCUT2D eigenvalue weighted by Gasteiger charge is -2.26. The highest BCUT2D eigenvalue weighted by Crippen LogP contribution is 2.31. The van der Waals surface area contributed by atoms with Crippen LogP contribution in [0.2, 0.25) is 5.02 Å². The maximum Gasteiger partial charge on any atom is 0.249 e. The van der Waals surface area contributed by atoms with Crippen molar-refractivity contribution in [3.8, 4) is 0 Å². The summed E-state index contributed by atoms with van der Waals surface area (Å²) in [6.45, 7) is 3.05. The molecule has 1 aromatic rings. The number of nitrogens with zero attached hydrogens (tertiary/aromatic N) is 2. The number of carbonyl (C=O) groups is 2. The van der Waals surface area contributed by atoms with Crippen LogP contribution in [0.5, 0.6) is 0 Å². The Bertz CT molecular complexity index is 573. The molecule has 2 amide bonds. The lowest BCUT2D eigenvalue weighted by atomic mass is 10.1. The Labute approximate surface area is 123 Å². The second kappa shape index (κ2) is 5.09. The maximum absolute atomic E-state index is 12.7. The number of carbonyl (C=O) groups excluding carboxylic acids is 2. The van der Waals surface area contributed by atoms with Crippen molar-refractivity contribution >= 4 is 29.1 Å². The summed E-state index contributed by atoms with van der Waals surface area (Å²) >= 11 is 6.15. The molecule has 4 nitrogen and oxygen atoms in total. The topological polar surface area (TPSA) is 40.6 Å². The molecule has 2 heterocycles. The van der Waals surface area contributed by atoms with Gasteiger partial charge < -0.3 is 9.80 Å². The molecule has 3 rings (SSSR count). The molecule has 20 heavy (non-hydrogen) atoms. The first-order valence-electron chi connectivity index (χ1n) is 6.95. The first-order chi connectivity index (χ1) is 9.59. The number of benzene rings is 1. The Morgan fingerprint density at radius 2 is 2.05 bits per heavy atom. The van der Waals surface area contributed by atoms with Crippen LogP contribution < -0.4 is 4.90 Å². The summed E-state index contributed by atoms with van der Waals surface area (Å²) in [5, 5.41) is 0.647. The van der Waals surface area contributed by atoms with E-state index in [1.807, 2.05) is 25.1 Å². The van der Waals surface area contributed by atoms with E-state index in [-0.39, 0.29) is 17.9 Å². The van der Waals surface area contributed by atoms with Gasteiger partial charge in [-0.05, 0) is 37.5 Å². The van der Waals surface area contributed by atoms with Crippen molar-refractivity contribution in [3.05, 3.63) is 28.8 Å². The van der Waals surface area contributed by atoms with E-state index in [1.165, 1.54) is 0 Å². The molecule has 2 saturated heterocycles. The van der Waals surface area contributed by atoms with E-state index in [0.717, 1.165) is 24.1 Å². The van der Waals surface area contributed by atoms with Crippen molar-refractivity contribution in [2.45, 2.75) is 32.2 Å². The average molecular weight is 293 g/mol. The zero-order chi connectivity index (χ0) is 14.3. The van der Waals surface area contributed by atoms with E-state index in [4.69, 9.17) is 11.6 Å². The van der Waals surface area contributed by atoms with Gasteiger partial charge in [0.15, 0.2) is 0 Å². The quantitative estimate of drug-likeness (QED) is 0.797. The van der Waals surface area contributed by atoms with Crippen LogP contribution >= 0.6 is 11.6 Å². The van der Waals surface area contributed by atoms with E-state index in [9.17, 15) is 9.59 Å². The van der Waals surface area contributed by atoms with Gasteiger partial charge >= 0.3 is 0 Å². The molecular formula is C15H17ClN2O2. The minimum Gasteiger partial charge on any atom is -0.331 e. The van der Waals surface area contributed by atoms with E-state index in [0.29, 0.717) is 24.5 Å². The molecule has 0 saturated carbocycles. The van der Waals surface area contributed by atoms with Gasteiger partial charge in [0.05, 0.1) is 0 Å². The van der Waals surface area contributed by atoms with Crippen molar-refractivity contribution in [2.24, 2.45) is 0 Å². The van der Waals surface area contributed by atoms with Crippen LogP contribution in [-0.2, 0) is 9.59 Å². The molecule has 0 aliphatic carbocycles. The van der Waals surface area contributed by atoms with Gasteiger partial charge in [0.25, 0.3) is 0 Å². The Morgan fingerprint density at radius 1 is 1.25 bits per heavy atom. The molecule has 0 radical (unpaired) electrons. The second-order valence-electron chi connectivity index (χ2n) is 5.37. The third-order valence-corrected chi connectivity index (χ3v) is 4.61. The van der Waals surface area contributed by atoms with Gasteiger partial charge in [0.2, 0.25) is 11.8 Å². The van der Waals surface area contributed by atoms with Crippen molar-refractivity contribution < 1.29 is 9.59 Å². The molecule has 2 aliphatic rings. The first-order valence-corrected chi connectivity index (χ1v) is 7.33. The predicted octanol–water partition coefficient (Wildman–Crippen LogP) is 2.38. The van der Waals surface area contributed by atoms with Crippen LogP contribution in [0.25, 0.3) is 0 Å². The van der Waals surface area contributed by atoms with Gasteiger partial charge in [0, 0.05) is 30.2 Å². The van der Waals surface area contributed by atoms with E-state index in [1.54, 1.807) is 9.80 Å². The zero-order valence-electron chi connectivity index (χ0n) is 11.4. The molecule has 1 aromatic carbocycles. The number of halogens is 1. The first kappa shape index (κ1) is 13.4. The highest BCUT2D eigenvalue weighted by molar-refractivity contribution is 6.31. The van der Waals surface area contributed by atoms with Gasteiger partial charge in [-0.15, -0.1) is 0 Å². The maximum atomic E-state index is 12.7. The Kier molecular flexibility index (Phi) is 3.42. The number of hydrogen-bond donors (Lipinski definition) is 0. The number of fused-ring (bicyclic) bond motifs is 1. The monoisotopic (exact) mass is 292 g/mol. The summed E-state index contributed by atoms with van der Waals surface area (Å²) in [6.07, 6.45) is 2.05. The second-order valence-corrected chi connectivity index (χ2v) is 5.78. The Balaban J connectivity index is 1.99. The zero-order valence-corrected chi connectivity index (χ0v) is 12.2. The fraction of sp³-hybridized carbons (Fsp3) is 0.467. The van der Waals surface area contributed by atoms with Crippen LogP contribution in [0, 0.1) is 6.92 Å². The molecule has 2 fully saturated rings. The third-order valence-electron chi connectivity index (χ3n) is 4.20. The number of anilines is 1. The van der Waals surface area contributed by atoms with Crippen LogP contribution in [-0.4, -0.2) is 35.8 Å². The molecule has 0 bridgehead atoms. The molecule has 2 aliphatic heterocycles. The van der Waals surface area contributed by atoms with E-state index in [2.05, 4.69) is 0 Å². The molecule has 0 N–H and O–H groups in total. The Morgan fingerprint density at radius 3 is 2.85 bits per heavy atom. The van der Waals surface area contributed by atoms with Gasteiger partial charge in [-0.3, -0.25) is 9.59 Å². The van der Waals surface area contributed by atoms with Crippen molar-refractivity contribution in [3.63, 3.8) is 0 Å². The van der Waals surface area contributed by atoms with Crippen molar-refractivity contribution in [2.75, 3.05) is 18.0 Å². The van der Waals surface area contributed by atoms with Gasteiger partial charge in [0.1, 0.15) is 6.04 Å². The largest absolute Gasteiger partial charge is 0.331 e. The van der Waals surface area contributed by atoms with Crippen molar-refractivity contribution in [1.29, 1.82) is 0 Å². The summed E-state index contributed by atoms with van der Waals surface area (Å²) in [4.78, 5) is 28.3. The molecule has 0 spiro atoms. The summed E-state index contributed by atoms with van der Waals surface area (Å²) in [7, 11) is 0. The lowest BCUT2D eigenvalue weighted by molar-refractivity contribution is -0.135. The smallest absolute Gasteiger partial charge is 0.249 e. The minimum absolute atomic E-state index is 0.0266.